The zero-order valence-electron chi connectivity index (χ0n) is 16.8. The van der Waals surface area contributed by atoms with Crippen molar-refractivity contribution in [2.24, 2.45) is 5.92 Å². The molecule has 1 saturated heterocycles. The number of rotatable bonds is 5. The van der Waals surface area contributed by atoms with E-state index in [-0.39, 0.29) is 41.3 Å². The third-order valence-electron chi connectivity index (χ3n) is 6.16. The number of hydrogen-bond donors (Lipinski definition) is 2. The third-order valence-corrected chi connectivity index (χ3v) is 6.16. The molecule has 0 aliphatic carbocycles. The fourth-order valence-corrected chi connectivity index (χ4v) is 4.58. The lowest BCUT2D eigenvalue weighted by Gasteiger charge is -2.31. The molecule has 9 heteroatoms. The summed E-state index contributed by atoms with van der Waals surface area (Å²) < 4.78 is 22.9. The summed E-state index contributed by atoms with van der Waals surface area (Å²) in [6.07, 6.45) is 2.49. The van der Waals surface area contributed by atoms with Crippen LogP contribution < -0.4 is 20.4 Å². The molecule has 0 radical (unpaired) electrons. The number of benzene rings is 1. The molecule has 2 N–H and O–H groups in total. The topological polar surface area (TPSA) is 108 Å². The molecular weight excluding hydrogens is 391 g/mol. The van der Waals surface area contributed by atoms with Gasteiger partial charge in [-0.2, -0.15) is 5.26 Å². The zero-order chi connectivity index (χ0) is 21.6. The van der Waals surface area contributed by atoms with E-state index in [9.17, 15) is 14.7 Å². The van der Waals surface area contributed by atoms with E-state index in [1.807, 2.05) is 18.9 Å². The number of carbonyl (C=O) groups is 1. The van der Waals surface area contributed by atoms with E-state index in [1.165, 1.54) is 6.20 Å². The zero-order valence-corrected chi connectivity index (χ0v) is 16.8. The summed E-state index contributed by atoms with van der Waals surface area (Å²) in [6, 6.07) is 3.12. The minimum atomic E-state index is -1.34. The van der Waals surface area contributed by atoms with Crippen molar-refractivity contribution in [2.75, 3.05) is 31.6 Å². The van der Waals surface area contributed by atoms with Gasteiger partial charge in [-0.05, 0) is 32.4 Å². The van der Waals surface area contributed by atoms with E-state index >= 15 is 4.39 Å². The summed E-state index contributed by atoms with van der Waals surface area (Å²) in [5.74, 6) is -1.50. The van der Waals surface area contributed by atoms with Crippen molar-refractivity contribution in [1.29, 1.82) is 5.26 Å². The van der Waals surface area contributed by atoms with Crippen molar-refractivity contribution in [3.8, 4) is 11.8 Å². The van der Waals surface area contributed by atoms with Crippen molar-refractivity contribution < 1.29 is 19.0 Å². The van der Waals surface area contributed by atoms with Crippen LogP contribution in [0.1, 0.15) is 36.2 Å². The van der Waals surface area contributed by atoms with E-state index in [2.05, 4.69) is 11.4 Å². The Bertz CT molecular complexity index is 1120. The van der Waals surface area contributed by atoms with Gasteiger partial charge in [0, 0.05) is 25.3 Å². The molecule has 1 fully saturated rings. The van der Waals surface area contributed by atoms with Crippen LogP contribution in [-0.2, 0) is 0 Å². The summed E-state index contributed by atoms with van der Waals surface area (Å²) in [6.45, 7) is 3.25. The van der Waals surface area contributed by atoms with E-state index in [1.54, 1.807) is 4.57 Å². The van der Waals surface area contributed by atoms with E-state index in [0.717, 1.165) is 12.5 Å². The molecule has 8 nitrogen and oxygen atoms in total. The number of ether oxygens (including phenoxy) is 1. The Morgan fingerprint density at radius 1 is 1.53 bits per heavy atom. The molecule has 2 aliphatic heterocycles. The van der Waals surface area contributed by atoms with Gasteiger partial charge < -0.3 is 24.6 Å². The maximum atomic E-state index is 15.3. The second-order valence-corrected chi connectivity index (χ2v) is 7.93. The van der Waals surface area contributed by atoms with Gasteiger partial charge in [-0.15, -0.1) is 0 Å². The Morgan fingerprint density at radius 2 is 2.30 bits per heavy atom. The van der Waals surface area contributed by atoms with Crippen LogP contribution in [0.15, 0.2) is 17.1 Å². The number of aromatic carboxylic acids is 1. The van der Waals surface area contributed by atoms with Crippen LogP contribution >= 0.6 is 0 Å². The van der Waals surface area contributed by atoms with Crippen LogP contribution in [0.5, 0.6) is 5.75 Å². The van der Waals surface area contributed by atoms with Gasteiger partial charge in [-0.1, -0.05) is 0 Å². The summed E-state index contributed by atoms with van der Waals surface area (Å²) >= 11 is 0. The Labute approximate surface area is 172 Å². The molecule has 0 spiro atoms. The van der Waals surface area contributed by atoms with Crippen LogP contribution in [0.2, 0.25) is 0 Å². The molecule has 30 heavy (non-hydrogen) atoms. The van der Waals surface area contributed by atoms with Gasteiger partial charge >= 0.3 is 5.97 Å². The molecule has 0 saturated carbocycles. The number of nitrogens with zero attached hydrogens (tertiary/aromatic N) is 3. The second-order valence-electron chi connectivity index (χ2n) is 7.93. The molecule has 158 valence electrons. The number of anilines is 1. The predicted molar refractivity (Wildman–Crippen MR) is 109 cm³/mol. The summed E-state index contributed by atoms with van der Waals surface area (Å²) in [7, 11) is 1.81. The Balaban J connectivity index is 1.85. The van der Waals surface area contributed by atoms with Gasteiger partial charge in [0.05, 0.1) is 29.4 Å². The van der Waals surface area contributed by atoms with Crippen molar-refractivity contribution >= 4 is 22.6 Å². The van der Waals surface area contributed by atoms with Crippen molar-refractivity contribution in [3.05, 3.63) is 33.9 Å². The largest absolute Gasteiger partial charge is 0.487 e. The average molecular weight is 414 g/mol. The number of carboxylic acid groups (broad SMARTS) is 1. The van der Waals surface area contributed by atoms with E-state index < -0.39 is 17.2 Å². The molecule has 3 heterocycles. The van der Waals surface area contributed by atoms with Crippen molar-refractivity contribution in [1.82, 2.24) is 9.88 Å². The minimum absolute atomic E-state index is 0.00558. The number of aromatic nitrogens is 1. The second kappa shape index (κ2) is 7.61. The first-order valence-electron chi connectivity index (χ1n) is 9.94. The molecule has 2 aliphatic rings. The van der Waals surface area contributed by atoms with Crippen LogP contribution in [0, 0.1) is 23.1 Å². The first kappa shape index (κ1) is 20.2. The lowest BCUT2D eigenvalue weighted by atomic mass is 9.97. The minimum Gasteiger partial charge on any atom is -0.487 e. The van der Waals surface area contributed by atoms with Gasteiger partial charge in [-0.3, -0.25) is 4.79 Å². The number of nitrogens with one attached hydrogen (secondary N) is 1. The molecule has 1 aromatic carbocycles. The highest BCUT2D eigenvalue weighted by Gasteiger charge is 2.35. The smallest absolute Gasteiger partial charge is 0.341 e. The fraction of sp³-hybridized carbons (Fsp3) is 0.476. The first-order chi connectivity index (χ1) is 14.4. The van der Waals surface area contributed by atoms with E-state index in [4.69, 9.17) is 10.00 Å². The molecule has 3 atom stereocenters. The Morgan fingerprint density at radius 3 is 2.97 bits per heavy atom. The Hall–Kier alpha value is -3.12. The quantitative estimate of drug-likeness (QED) is 0.772. The number of carboxylic acids is 1. The average Bonchev–Trinajstić information content (AvgIpc) is 3.19. The van der Waals surface area contributed by atoms with Crippen LogP contribution in [0.25, 0.3) is 10.9 Å². The normalized spacial score (nSPS) is 21.3. The number of halogens is 1. The van der Waals surface area contributed by atoms with Gasteiger partial charge in [0.15, 0.2) is 11.6 Å². The standard InChI is InChI=1S/C21H23FN4O4/c1-11-10-30-20-17-13(19(27)14(21(28)29)9-26(11)17)7-15(22)18(20)25-6-4-12(8-25)16(24-2)3-5-23/h7,9,11-12,16,24H,3-4,6,8,10H2,1-2H3,(H,28,29)/t11-,12?,16-/m0/s1. The van der Waals surface area contributed by atoms with Crippen molar-refractivity contribution in [2.45, 2.75) is 31.8 Å². The maximum Gasteiger partial charge on any atom is 0.341 e. The van der Waals surface area contributed by atoms with E-state index in [0.29, 0.717) is 30.7 Å². The third kappa shape index (κ3) is 3.08. The first-order valence-corrected chi connectivity index (χ1v) is 9.94. The molecule has 1 aromatic heterocycles. The maximum absolute atomic E-state index is 15.3. The van der Waals surface area contributed by atoms with Crippen LogP contribution in [0.3, 0.4) is 0 Å². The molecule has 0 bridgehead atoms. The fourth-order valence-electron chi connectivity index (χ4n) is 4.58. The summed E-state index contributed by atoms with van der Waals surface area (Å²) in [5, 5.41) is 21.6. The highest BCUT2D eigenvalue weighted by Crippen LogP contribution is 2.43. The summed E-state index contributed by atoms with van der Waals surface area (Å²) in [4.78, 5) is 26.1. The SMILES string of the molecule is CN[C@@H](CC#N)C1CCN(c2c(F)cc3c(=O)c(C(=O)O)cn4c3c2OC[C@@H]4C)C1. The lowest BCUT2D eigenvalue weighted by Crippen LogP contribution is -2.35. The molecule has 2 aromatic rings. The molecule has 4 rings (SSSR count). The molecule has 0 amide bonds. The molecule has 1 unspecified atom stereocenters. The highest BCUT2D eigenvalue weighted by atomic mass is 19.1. The monoisotopic (exact) mass is 414 g/mol. The van der Waals surface area contributed by atoms with Gasteiger partial charge in [-0.25, -0.2) is 9.18 Å². The van der Waals surface area contributed by atoms with Crippen LogP contribution in [0.4, 0.5) is 10.1 Å². The molecular formula is C21H23FN4O4. The number of pyridine rings is 1. The summed E-state index contributed by atoms with van der Waals surface area (Å²) in [5.41, 5.74) is -0.392. The van der Waals surface area contributed by atoms with Gasteiger partial charge in [0.1, 0.15) is 17.9 Å². The van der Waals surface area contributed by atoms with Gasteiger partial charge in [0.25, 0.3) is 0 Å². The van der Waals surface area contributed by atoms with Crippen LogP contribution in [-0.4, -0.2) is 48.4 Å². The highest BCUT2D eigenvalue weighted by molar-refractivity contribution is 5.97. The van der Waals surface area contributed by atoms with Gasteiger partial charge in [0.2, 0.25) is 5.43 Å². The number of nitriles is 1. The Kier molecular flexibility index (Phi) is 5.12. The lowest BCUT2D eigenvalue weighted by molar-refractivity contribution is 0.0694. The predicted octanol–water partition coefficient (Wildman–Crippen LogP) is 2.12. The number of hydrogen-bond acceptors (Lipinski definition) is 6. The van der Waals surface area contributed by atoms with Crippen molar-refractivity contribution in [3.63, 3.8) is 0 Å².